The Hall–Kier alpha value is -4.64. The Labute approximate surface area is 273 Å². The first kappa shape index (κ1) is 32.7. The van der Waals surface area contributed by atoms with Crippen LogP contribution in [0.2, 0.25) is 0 Å². The second-order valence-electron chi connectivity index (χ2n) is 13.3. The van der Waals surface area contributed by atoms with Crippen LogP contribution in [0, 0.1) is 11.8 Å². The number of para-hydroxylation sites is 1. The van der Waals surface area contributed by atoms with Gasteiger partial charge in [-0.3, -0.25) is 9.59 Å². The summed E-state index contributed by atoms with van der Waals surface area (Å²) in [5, 5.41) is 10.0. The fourth-order valence-electron chi connectivity index (χ4n) is 6.20. The number of ketones is 1. The first-order valence-corrected chi connectivity index (χ1v) is 16.5. The molecule has 1 heterocycles. The van der Waals surface area contributed by atoms with Crippen molar-refractivity contribution in [3.63, 3.8) is 0 Å². The van der Waals surface area contributed by atoms with Gasteiger partial charge in [-0.15, -0.1) is 0 Å². The quantitative estimate of drug-likeness (QED) is 0.119. The van der Waals surface area contributed by atoms with Crippen molar-refractivity contribution in [3.05, 3.63) is 137 Å². The van der Waals surface area contributed by atoms with Crippen molar-refractivity contribution in [2.45, 2.75) is 73.0 Å². The predicted octanol–water partition coefficient (Wildman–Crippen LogP) is 9.34. The van der Waals surface area contributed by atoms with Crippen LogP contribution in [0.3, 0.4) is 0 Å². The molecule has 238 valence electrons. The zero-order valence-electron chi connectivity index (χ0n) is 27.6. The number of anilines is 1. The van der Waals surface area contributed by atoms with E-state index in [1.165, 1.54) is 22.3 Å². The van der Waals surface area contributed by atoms with E-state index in [0.29, 0.717) is 35.9 Å². The molecule has 0 amide bonds. The van der Waals surface area contributed by atoms with Gasteiger partial charge in [-0.2, -0.15) is 0 Å². The number of aliphatic carboxylic acids is 1. The smallest absolute Gasteiger partial charge is 0.303 e. The fraction of sp³-hybridized carbons (Fsp3) is 0.317. The summed E-state index contributed by atoms with van der Waals surface area (Å²) in [5.74, 6) is 0.373. The van der Waals surface area contributed by atoms with Gasteiger partial charge in [-0.05, 0) is 71.6 Å². The van der Waals surface area contributed by atoms with Gasteiger partial charge in [0.25, 0.3) is 0 Å². The van der Waals surface area contributed by atoms with Crippen LogP contribution in [0.5, 0.6) is 0 Å². The monoisotopic (exact) mass is 614 g/mol. The Bertz CT molecular complexity index is 1710. The lowest BCUT2D eigenvalue weighted by atomic mass is 10.00. The molecule has 0 fully saturated rings. The minimum absolute atomic E-state index is 0.0361. The van der Waals surface area contributed by atoms with Crippen LogP contribution in [-0.4, -0.2) is 21.4 Å². The second-order valence-corrected chi connectivity index (χ2v) is 13.3. The molecule has 0 radical (unpaired) electrons. The molecule has 0 aliphatic heterocycles. The lowest BCUT2D eigenvalue weighted by Gasteiger charge is -2.26. The molecule has 0 aliphatic carbocycles. The Morgan fingerprint density at radius 1 is 0.717 bits per heavy atom. The summed E-state index contributed by atoms with van der Waals surface area (Å²) in [5.41, 5.74) is 8.35. The summed E-state index contributed by atoms with van der Waals surface area (Å²) >= 11 is 0. The molecular weight excluding hydrogens is 568 g/mol. The van der Waals surface area contributed by atoms with Gasteiger partial charge in [0.05, 0.1) is 0 Å². The van der Waals surface area contributed by atoms with Crippen molar-refractivity contribution >= 4 is 28.3 Å². The minimum Gasteiger partial charge on any atom is -0.481 e. The van der Waals surface area contributed by atoms with Gasteiger partial charge in [-0.25, -0.2) is 0 Å². The molecule has 0 saturated carbocycles. The molecule has 0 unspecified atom stereocenters. The van der Waals surface area contributed by atoms with Gasteiger partial charge in [0, 0.05) is 60.0 Å². The Morgan fingerprint density at radius 2 is 1.28 bits per heavy atom. The third kappa shape index (κ3) is 8.54. The number of carbonyl (C=O) groups is 2. The van der Waals surface area contributed by atoms with Crippen LogP contribution in [0.4, 0.5) is 5.69 Å². The van der Waals surface area contributed by atoms with E-state index in [0.717, 1.165) is 42.5 Å². The summed E-state index contributed by atoms with van der Waals surface area (Å²) in [6.07, 6.45) is 4.61. The van der Waals surface area contributed by atoms with Crippen molar-refractivity contribution in [1.82, 2.24) is 4.57 Å². The molecule has 5 heteroatoms. The SMILES string of the molecule is CC(C)Cc1ccc(CN(Cc2ccc(CC(C)C)cc2)c2cccc(C(=O)c3cn(CCCC(=O)O)c4ccccc34)c2)cc1. The molecule has 0 bridgehead atoms. The maximum absolute atomic E-state index is 14.1. The van der Waals surface area contributed by atoms with Gasteiger partial charge in [0.15, 0.2) is 5.78 Å². The molecule has 1 aromatic heterocycles. The maximum Gasteiger partial charge on any atom is 0.303 e. The first-order chi connectivity index (χ1) is 22.2. The molecular formula is C41H46N2O3. The van der Waals surface area contributed by atoms with Crippen LogP contribution >= 0.6 is 0 Å². The third-order valence-corrected chi connectivity index (χ3v) is 8.38. The highest BCUT2D eigenvalue weighted by Gasteiger charge is 2.19. The van der Waals surface area contributed by atoms with Gasteiger partial charge in [0.2, 0.25) is 0 Å². The number of nitrogens with zero attached hydrogens (tertiary/aromatic N) is 2. The molecule has 0 saturated heterocycles. The van der Waals surface area contributed by atoms with E-state index in [-0.39, 0.29) is 12.2 Å². The molecule has 0 aliphatic rings. The summed E-state index contributed by atoms with van der Waals surface area (Å²) in [6.45, 7) is 11.0. The van der Waals surface area contributed by atoms with Crippen LogP contribution in [-0.2, 0) is 37.3 Å². The fourth-order valence-corrected chi connectivity index (χ4v) is 6.20. The number of hydrogen-bond donors (Lipinski definition) is 1. The van der Waals surface area contributed by atoms with E-state index >= 15 is 0 Å². The summed E-state index contributed by atoms with van der Waals surface area (Å²) in [4.78, 5) is 27.5. The largest absolute Gasteiger partial charge is 0.481 e. The van der Waals surface area contributed by atoms with E-state index < -0.39 is 5.97 Å². The van der Waals surface area contributed by atoms with Crippen LogP contribution in [0.15, 0.2) is 103 Å². The lowest BCUT2D eigenvalue weighted by molar-refractivity contribution is -0.137. The van der Waals surface area contributed by atoms with Crippen molar-refractivity contribution in [3.8, 4) is 0 Å². The van der Waals surface area contributed by atoms with E-state index in [1.54, 1.807) is 0 Å². The maximum atomic E-state index is 14.1. The standard InChI is InChI=1S/C41H46N2O3/c1-29(2)23-31-14-18-33(19-15-31)26-43(27-34-20-16-32(17-21-34)24-30(3)4)36-10-7-9-35(25-36)41(46)38-28-42(22-8-13-40(44)45)39-12-6-5-11-37(38)39/h5-7,9-12,14-21,25,28-30H,8,13,22-24,26-27H2,1-4H3,(H,44,45). The molecule has 5 aromatic rings. The van der Waals surface area contributed by atoms with Crippen molar-refractivity contribution in [1.29, 1.82) is 0 Å². The highest BCUT2D eigenvalue weighted by molar-refractivity contribution is 6.16. The highest BCUT2D eigenvalue weighted by Crippen LogP contribution is 2.28. The summed E-state index contributed by atoms with van der Waals surface area (Å²) < 4.78 is 2.01. The normalized spacial score (nSPS) is 11.4. The van der Waals surface area contributed by atoms with Crippen LogP contribution < -0.4 is 4.90 Å². The van der Waals surface area contributed by atoms with Gasteiger partial charge < -0.3 is 14.6 Å². The topological polar surface area (TPSA) is 62.5 Å². The van der Waals surface area contributed by atoms with Gasteiger partial charge >= 0.3 is 5.97 Å². The Balaban J connectivity index is 1.44. The van der Waals surface area contributed by atoms with E-state index in [4.69, 9.17) is 5.11 Å². The number of aromatic nitrogens is 1. The molecule has 5 nitrogen and oxygen atoms in total. The Kier molecular flexibility index (Phi) is 10.7. The van der Waals surface area contributed by atoms with Crippen molar-refractivity contribution in [2.24, 2.45) is 11.8 Å². The van der Waals surface area contributed by atoms with Crippen LogP contribution in [0.1, 0.15) is 78.7 Å². The van der Waals surface area contributed by atoms with E-state index in [2.05, 4.69) is 87.2 Å². The highest BCUT2D eigenvalue weighted by atomic mass is 16.4. The predicted molar refractivity (Wildman–Crippen MR) is 189 cm³/mol. The van der Waals surface area contributed by atoms with Crippen molar-refractivity contribution < 1.29 is 14.7 Å². The third-order valence-electron chi connectivity index (χ3n) is 8.38. The van der Waals surface area contributed by atoms with Crippen LogP contribution in [0.25, 0.3) is 10.9 Å². The summed E-state index contributed by atoms with van der Waals surface area (Å²) in [6, 6.07) is 33.7. The van der Waals surface area contributed by atoms with E-state index in [9.17, 15) is 9.59 Å². The number of carboxylic acid groups (broad SMARTS) is 1. The first-order valence-electron chi connectivity index (χ1n) is 16.5. The number of fused-ring (bicyclic) bond motifs is 1. The van der Waals surface area contributed by atoms with Crippen molar-refractivity contribution in [2.75, 3.05) is 4.90 Å². The number of hydrogen-bond acceptors (Lipinski definition) is 3. The number of carbonyl (C=O) groups excluding carboxylic acids is 1. The molecule has 5 rings (SSSR count). The number of rotatable bonds is 15. The number of benzene rings is 4. The molecule has 1 N–H and O–H groups in total. The van der Waals surface area contributed by atoms with E-state index in [1.807, 2.05) is 53.2 Å². The average Bonchev–Trinajstić information content (AvgIpc) is 3.40. The lowest BCUT2D eigenvalue weighted by Crippen LogP contribution is -2.22. The van der Waals surface area contributed by atoms with Gasteiger partial charge in [-0.1, -0.05) is 107 Å². The molecule has 4 aromatic carbocycles. The zero-order chi connectivity index (χ0) is 32.6. The Morgan fingerprint density at radius 3 is 1.85 bits per heavy atom. The van der Waals surface area contributed by atoms with Gasteiger partial charge in [0.1, 0.15) is 0 Å². The minimum atomic E-state index is -0.813. The molecule has 0 atom stereocenters. The molecule has 46 heavy (non-hydrogen) atoms. The summed E-state index contributed by atoms with van der Waals surface area (Å²) in [7, 11) is 0. The number of aryl methyl sites for hydroxylation is 1. The number of carboxylic acids is 1. The second kappa shape index (κ2) is 15.1. The average molecular weight is 615 g/mol. The zero-order valence-corrected chi connectivity index (χ0v) is 27.6. The molecule has 0 spiro atoms.